The van der Waals surface area contributed by atoms with Gasteiger partial charge in [0.05, 0.1) is 28.7 Å². The smallest absolute Gasteiger partial charge is 0.329 e. The lowest BCUT2D eigenvalue weighted by Gasteiger charge is -2.28. The molecule has 1 saturated heterocycles. The molecule has 0 spiro atoms. The molecule has 0 saturated carbocycles. The monoisotopic (exact) mass is 635 g/mol. The van der Waals surface area contributed by atoms with Gasteiger partial charge in [0.2, 0.25) is 5.95 Å². The summed E-state index contributed by atoms with van der Waals surface area (Å²) < 4.78 is 16.5. The van der Waals surface area contributed by atoms with E-state index in [9.17, 15) is 14.7 Å². The number of rotatable bonds is 6. The normalized spacial score (nSPS) is 15.3. The van der Waals surface area contributed by atoms with E-state index in [0.717, 1.165) is 13.4 Å². The van der Waals surface area contributed by atoms with Gasteiger partial charge in [0.25, 0.3) is 5.56 Å². The maximum Gasteiger partial charge on any atom is 0.329 e. The van der Waals surface area contributed by atoms with Gasteiger partial charge in [-0.2, -0.15) is 4.98 Å². The second kappa shape index (κ2) is 9.67. The number of nitrogens with one attached hydrogen (secondary N) is 1. The van der Waals surface area contributed by atoms with Crippen LogP contribution in [0.1, 0.15) is 0 Å². The van der Waals surface area contributed by atoms with Crippen LogP contribution >= 0.6 is 47.8 Å². The summed E-state index contributed by atoms with van der Waals surface area (Å²) in [5, 5.41) is 10.8. The van der Waals surface area contributed by atoms with Crippen LogP contribution in [-0.2, 0) is 18.3 Å². The quantitative estimate of drug-likeness (QED) is 0.425. The molecule has 0 aliphatic carbocycles. The summed E-state index contributed by atoms with van der Waals surface area (Å²) in [5.74, 6) is 1.05. The molecular formula is C19H20Br3N5O5. The Hall–Kier alpha value is -1.67. The maximum absolute atomic E-state index is 12.6. The SMILES string of the molecule is Cn1c(=O)[nH]c(=O)c2c1nc(N1CCOCC1)n2C[C@H](O)COc1c(Br)cc(Br)cc1Br. The first-order valence-corrected chi connectivity index (χ1v) is 12.1. The van der Waals surface area contributed by atoms with Gasteiger partial charge in [0.15, 0.2) is 11.2 Å². The van der Waals surface area contributed by atoms with Crippen LogP contribution in [0.15, 0.2) is 35.1 Å². The van der Waals surface area contributed by atoms with Gasteiger partial charge in [-0.3, -0.25) is 14.3 Å². The summed E-state index contributed by atoms with van der Waals surface area (Å²) in [5.41, 5.74) is -0.624. The van der Waals surface area contributed by atoms with Gasteiger partial charge in [-0.1, -0.05) is 15.9 Å². The zero-order valence-corrected chi connectivity index (χ0v) is 21.7. The fourth-order valence-corrected chi connectivity index (χ4v) is 6.00. The number of halogens is 3. The molecule has 13 heteroatoms. The molecule has 1 fully saturated rings. The number of hydrogen-bond donors (Lipinski definition) is 2. The van der Waals surface area contributed by atoms with Crippen molar-refractivity contribution in [3.63, 3.8) is 0 Å². The number of H-pyrrole nitrogens is 1. The van der Waals surface area contributed by atoms with Gasteiger partial charge in [0.1, 0.15) is 18.5 Å². The van der Waals surface area contributed by atoms with Crippen molar-refractivity contribution in [2.45, 2.75) is 12.6 Å². The predicted molar refractivity (Wildman–Crippen MR) is 130 cm³/mol. The number of aliphatic hydroxyl groups is 1. The highest BCUT2D eigenvalue weighted by Crippen LogP contribution is 2.36. The van der Waals surface area contributed by atoms with E-state index >= 15 is 0 Å². The molecular weight excluding hydrogens is 618 g/mol. The number of fused-ring (bicyclic) bond motifs is 1. The van der Waals surface area contributed by atoms with Crippen LogP contribution < -0.4 is 20.9 Å². The van der Waals surface area contributed by atoms with Crippen molar-refractivity contribution in [3.05, 3.63) is 46.4 Å². The van der Waals surface area contributed by atoms with Crippen molar-refractivity contribution in [1.82, 2.24) is 19.1 Å². The van der Waals surface area contributed by atoms with Crippen molar-refractivity contribution < 1.29 is 14.6 Å². The molecule has 3 aromatic rings. The van der Waals surface area contributed by atoms with Crippen LogP contribution in [-0.4, -0.2) is 63.2 Å². The van der Waals surface area contributed by atoms with Gasteiger partial charge >= 0.3 is 5.69 Å². The largest absolute Gasteiger partial charge is 0.488 e. The van der Waals surface area contributed by atoms with Gasteiger partial charge < -0.3 is 24.0 Å². The lowest BCUT2D eigenvalue weighted by molar-refractivity contribution is 0.0920. The summed E-state index contributed by atoms with van der Waals surface area (Å²) in [6, 6.07) is 3.68. The van der Waals surface area contributed by atoms with E-state index in [1.165, 1.54) is 4.57 Å². The number of aliphatic hydroxyl groups excluding tert-OH is 1. The molecule has 2 aromatic heterocycles. The van der Waals surface area contributed by atoms with Crippen molar-refractivity contribution in [2.75, 3.05) is 37.8 Å². The van der Waals surface area contributed by atoms with Crippen LogP contribution in [0, 0.1) is 0 Å². The molecule has 3 heterocycles. The molecule has 1 aliphatic rings. The summed E-state index contributed by atoms with van der Waals surface area (Å²) in [6.07, 6.45) is -0.953. The average Bonchev–Trinajstić information content (AvgIpc) is 3.11. The number of aryl methyl sites for hydroxylation is 1. The Kier molecular flexibility index (Phi) is 7.10. The Morgan fingerprint density at radius 2 is 1.88 bits per heavy atom. The number of hydrogen-bond acceptors (Lipinski definition) is 7. The first-order chi connectivity index (χ1) is 15.3. The highest BCUT2D eigenvalue weighted by molar-refractivity contribution is 9.11. The van der Waals surface area contributed by atoms with E-state index in [2.05, 4.69) is 57.8 Å². The number of morpholine rings is 1. The van der Waals surface area contributed by atoms with E-state index in [-0.39, 0.29) is 24.3 Å². The third kappa shape index (κ3) is 4.67. The third-order valence-electron chi connectivity index (χ3n) is 5.06. The number of ether oxygens (including phenoxy) is 2. The van der Waals surface area contributed by atoms with E-state index in [1.807, 2.05) is 17.0 Å². The second-order valence-electron chi connectivity index (χ2n) is 7.28. The number of imidazole rings is 1. The van der Waals surface area contributed by atoms with Crippen LogP contribution in [0.3, 0.4) is 0 Å². The average molecular weight is 638 g/mol. The zero-order chi connectivity index (χ0) is 23.0. The highest BCUT2D eigenvalue weighted by Gasteiger charge is 2.25. The minimum Gasteiger partial charge on any atom is -0.488 e. The Morgan fingerprint density at radius 1 is 1.22 bits per heavy atom. The molecule has 0 radical (unpaired) electrons. The fraction of sp³-hybridized carbons (Fsp3) is 0.421. The highest BCUT2D eigenvalue weighted by atomic mass is 79.9. The summed E-state index contributed by atoms with van der Waals surface area (Å²) in [6.45, 7) is 2.24. The van der Waals surface area contributed by atoms with Gasteiger partial charge in [-0.05, 0) is 44.0 Å². The number of benzene rings is 1. The van der Waals surface area contributed by atoms with Crippen LogP contribution in [0.2, 0.25) is 0 Å². The number of aromatic nitrogens is 4. The molecule has 1 atom stereocenters. The zero-order valence-electron chi connectivity index (χ0n) is 17.0. The number of nitrogens with zero attached hydrogens (tertiary/aromatic N) is 4. The minimum atomic E-state index is -0.953. The molecule has 1 aromatic carbocycles. The van der Waals surface area contributed by atoms with Crippen LogP contribution in [0.25, 0.3) is 11.2 Å². The first-order valence-electron chi connectivity index (χ1n) is 9.74. The lowest BCUT2D eigenvalue weighted by Crippen LogP contribution is -2.39. The number of aromatic amines is 1. The molecule has 1 aliphatic heterocycles. The fourth-order valence-electron chi connectivity index (χ4n) is 3.51. The molecule has 0 amide bonds. The van der Waals surface area contributed by atoms with Crippen molar-refractivity contribution in [2.24, 2.45) is 7.05 Å². The Morgan fingerprint density at radius 3 is 2.53 bits per heavy atom. The Bertz CT molecular complexity index is 1240. The van der Waals surface area contributed by atoms with E-state index < -0.39 is 17.4 Å². The predicted octanol–water partition coefficient (Wildman–Crippen LogP) is 1.99. The van der Waals surface area contributed by atoms with E-state index in [4.69, 9.17) is 9.47 Å². The second-order valence-corrected chi connectivity index (χ2v) is 9.90. The van der Waals surface area contributed by atoms with E-state index in [1.54, 1.807) is 11.6 Å². The minimum absolute atomic E-state index is 0.0231. The van der Waals surface area contributed by atoms with Gasteiger partial charge in [-0.15, -0.1) is 0 Å². The molecule has 10 nitrogen and oxygen atoms in total. The number of anilines is 1. The first kappa shape index (κ1) is 23.5. The van der Waals surface area contributed by atoms with Crippen molar-refractivity contribution >= 4 is 64.9 Å². The molecule has 32 heavy (non-hydrogen) atoms. The Balaban J connectivity index is 1.66. The van der Waals surface area contributed by atoms with Crippen LogP contribution in [0.4, 0.5) is 5.95 Å². The molecule has 0 bridgehead atoms. The van der Waals surface area contributed by atoms with Gasteiger partial charge in [0, 0.05) is 24.6 Å². The summed E-state index contributed by atoms with van der Waals surface area (Å²) in [4.78, 5) is 33.6. The van der Waals surface area contributed by atoms with Crippen molar-refractivity contribution in [1.29, 1.82) is 0 Å². The molecule has 4 rings (SSSR count). The van der Waals surface area contributed by atoms with Crippen molar-refractivity contribution in [3.8, 4) is 5.75 Å². The maximum atomic E-state index is 12.6. The summed E-state index contributed by atoms with van der Waals surface area (Å²) in [7, 11) is 1.54. The Labute approximate surface area is 207 Å². The molecule has 0 unspecified atom stereocenters. The van der Waals surface area contributed by atoms with Gasteiger partial charge in [-0.25, -0.2) is 4.79 Å². The lowest BCUT2D eigenvalue weighted by atomic mass is 10.3. The van der Waals surface area contributed by atoms with Crippen LogP contribution in [0.5, 0.6) is 5.75 Å². The molecule has 172 valence electrons. The van der Waals surface area contributed by atoms with E-state index in [0.29, 0.717) is 38.0 Å². The third-order valence-corrected chi connectivity index (χ3v) is 6.69. The topological polar surface area (TPSA) is 115 Å². The summed E-state index contributed by atoms with van der Waals surface area (Å²) >= 11 is 10.3. The standard InChI is InChI=1S/C19H20Br3N5O5/c1-25-16-14(17(29)24-19(25)30)27(18(23-16)26-2-4-31-5-3-26)8-11(28)9-32-15-12(21)6-10(20)7-13(15)22/h6-7,11,28H,2-5,8-9H2,1H3,(H,24,29,30)/t11-/m0/s1. The molecule has 2 N–H and O–H groups in total.